The van der Waals surface area contributed by atoms with Crippen LogP contribution in [0.25, 0.3) is 0 Å². The van der Waals surface area contributed by atoms with Crippen LogP contribution < -0.4 is 0 Å². The Morgan fingerprint density at radius 2 is 1.52 bits per heavy atom. The molecule has 8 heteroatoms. The van der Waals surface area contributed by atoms with Crippen molar-refractivity contribution in [3.63, 3.8) is 0 Å². The fraction of sp³-hybridized carbons (Fsp3) is 0.478. The van der Waals surface area contributed by atoms with Crippen LogP contribution in [0.15, 0.2) is 59.5 Å². The minimum absolute atomic E-state index is 0.0807. The van der Waals surface area contributed by atoms with E-state index in [0.29, 0.717) is 13.1 Å². The highest BCUT2D eigenvalue weighted by atomic mass is 32.2. The highest BCUT2D eigenvalue weighted by Crippen LogP contribution is 2.30. The molecule has 0 amide bonds. The van der Waals surface area contributed by atoms with Gasteiger partial charge >= 0.3 is 0 Å². The van der Waals surface area contributed by atoms with Crippen molar-refractivity contribution in [3.8, 4) is 0 Å². The number of hydrogen-bond donors (Lipinski definition) is 0. The lowest BCUT2D eigenvalue weighted by Crippen LogP contribution is -2.54. The van der Waals surface area contributed by atoms with Crippen LogP contribution in [0.3, 0.4) is 0 Å². The van der Waals surface area contributed by atoms with E-state index in [1.807, 2.05) is 37.3 Å². The van der Waals surface area contributed by atoms with Gasteiger partial charge in [0.25, 0.3) is 0 Å². The minimum Gasteiger partial charge on any atom is -0.297 e. The standard InChI is InChI=1S/C23H30N2O4S2/c1-2-19-8-10-21(11-9-19)31(28,29)23-18-30(26,27)17-22(23)25-14-12-24(13-15-25)16-20-6-4-3-5-7-20/h3-11,22-23H,2,12-18H2,1H3/t22-,23+/m0/s1. The van der Waals surface area contributed by atoms with E-state index in [1.54, 1.807) is 12.1 Å². The molecule has 2 aliphatic rings. The summed E-state index contributed by atoms with van der Waals surface area (Å²) in [4.78, 5) is 4.64. The Labute approximate surface area is 185 Å². The van der Waals surface area contributed by atoms with Gasteiger partial charge in [0, 0.05) is 38.8 Å². The molecule has 2 aromatic rings. The zero-order chi connectivity index (χ0) is 22.1. The van der Waals surface area contributed by atoms with E-state index < -0.39 is 31.0 Å². The first-order valence-corrected chi connectivity index (χ1v) is 14.2. The number of rotatable bonds is 6. The average Bonchev–Trinajstić information content (AvgIpc) is 3.11. The summed E-state index contributed by atoms with van der Waals surface area (Å²) in [6.45, 7) is 5.80. The van der Waals surface area contributed by atoms with Crippen LogP contribution in [-0.2, 0) is 32.6 Å². The quantitative estimate of drug-likeness (QED) is 0.654. The van der Waals surface area contributed by atoms with E-state index in [1.165, 1.54) is 5.56 Å². The summed E-state index contributed by atoms with van der Waals surface area (Å²) < 4.78 is 51.7. The number of aryl methyl sites for hydroxylation is 1. The predicted molar refractivity (Wildman–Crippen MR) is 123 cm³/mol. The first-order valence-electron chi connectivity index (χ1n) is 10.8. The van der Waals surface area contributed by atoms with E-state index in [9.17, 15) is 16.8 Å². The second-order valence-electron chi connectivity index (χ2n) is 8.52. The molecular formula is C23H30N2O4S2. The van der Waals surface area contributed by atoms with Crippen LogP contribution in [-0.4, -0.2) is 75.6 Å². The molecule has 0 radical (unpaired) electrons. The van der Waals surface area contributed by atoms with Gasteiger partial charge in [0.15, 0.2) is 19.7 Å². The minimum atomic E-state index is -3.73. The zero-order valence-corrected chi connectivity index (χ0v) is 19.5. The topological polar surface area (TPSA) is 74.8 Å². The third-order valence-electron chi connectivity index (χ3n) is 6.46. The lowest BCUT2D eigenvalue weighted by molar-refractivity contribution is 0.101. The molecule has 2 atom stereocenters. The Bertz CT molecular complexity index is 1090. The van der Waals surface area contributed by atoms with E-state index in [2.05, 4.69) is 21.9 Å². The van der Waals surface area contributed by atoms with E-state index in [0.717, 1.165) is 31.6 Å². The average molecular weight is 463 g/mol. The molecule has 0 saturated carbocycles. The van der Waals surface area contributed by atoms with Crippen molar-refractivity contribution in [1.29, 1.82) is 0 Å². The summed E-state index contributed by atoms with van der Waals surface area (Å²) in [6, 6.07) is 16.6. The molecule has 2 aromatic carbocycles. The fourth-order valence-electron chi connectivity index (χ4n) is 4.62. The lowest BCUT2D eigenvalue weighted by Gasteiger charge is -2.39. The van der Waals surface area contributed by atoms with Crippen molar-refractivity contribution in [2.45, 2.75) is 36.1 Å². The number of piperazine rings is 1. The summed E-state index contributed by atoms with van der Waals surface area (Å²) in [5, 5.41) is -0.911. The molecule has 6 nitrogen and oxygen atoms in total. The third-order valence-corrected chi connectivity index (χ3v) is 10.6. The van der Waals surface area contributed by atoms with Gasteiger partial charge in [0.05, 0.1) is 21.7 Å². The summed E-state index contributed by atoms with van der Waals surface area (Å²) >= 11 is 0. The maximum atomic E-state index is 13.4. The molecule has 2 fully saturated rings. The SMILES string of the molecule is CCc1ccc(S(=O)(=O)[C@@H]2CS(=O)(=O)C[C@@H]2N2CCN(Cc3ccccc3)CC2)cc1. The molecule has 0 spiro atoms. The maximum absolute atomic E-state index is 13.4. The van der Waals surface area contributed by atoms with Gasteiger partial charge in [-0.15, -0.1) is 0 Å². The second kappa shape index (κ2) is 9.02. The predicted octanol–water partition coefficient (Wildman–Crippen LogP) is 2.01. The maximum Gasteiger partial charge on any atom is 0.183 e. The normalized spacial score (nSPS) is 24.9. The van der Waals surface area contributed by atoms with Crippen molar-refractivity contribution in [3.05, 3.63) is 65.7 Å². The first-order chi connectivity index (χ1) is 14.8. The Kier molecular flexibility index (Phi) is 6.53. The Hall–Kier alpha value is -1.74. The van der Waals surface area contributed by atoms with Gasteiger partial charge in [-0.25, -0.2) is 16.8 Å². The van der Waals surface area contributed by atoms with Crippen molar-refractivity contribution in [1.82, 2.24) is 9.80 Å². The number of nitrogens with zero attached hydrogens (tertiary/aromatic N) is 2. The van der Waals surface area contributed by atoms with Gasteiger partial charge in [0.1, 0.15) is 0 Å². The fourth-order valence-corrected chi connectivity index (χ4v) is 9.45. The summed E-state index contributed by atoms with van der Waals surface area (Å²) in [6.07, 6.45) is 0.827. The van der Waals surface area contributed by atoms with Gasteiger partial charge in [-0.05, 0) is 29.7 Å². The van der Waals surface area contributed by atoms with Gasteiger partial charge in [-0.1, -0.05) is 49.4 Å². The Morgan fingerprint density at radius 1 is 0.871 bits per heavy atom. The monoisotopic (exact) mass is 462 g/mol. The summed E-state index contributed by atoms with van der Waals surface area (Å²) in [7, 11) is -7.12. The molecule has 0 unspecified atom stereocenters. The van der Waals surface area contributed by atoms with Crippen molar-refractivity contribution in [2.24, 2.45) is 0 Å². The van der Waals surface area contributed by atoms with Crippen molar-refractivity contribution < 1.29 is 16.8 Å². The first kappa shape index (κ1) is 22.5. The van der Waals surface area contributed by atoms with Crippen LogP contribution >= 0.6 is 0 Å². The number of hydrogen-bond acceptors (Lipinski definition) is 6. The molecule has 31 heavy (non-hydrogen) atoms. The van der Waals surface area contributed by atoms with Gasteiger partial charge < -0.3 is 0 Å². The van der Waals surface area contributed by atoms with E-state index in [4.69, 9.17) is 0 Å². The molecular weight excluding hydrogens is 432 g/mol. The summed E-state index contributed by atoms with van der Waals surface area (Å²) in [5.74, 6) is -0.373. The molecule has 168 valence electrons. The Balaban J connectivity index is 1.49. The van der Waals surface area contributed by atoms with Crippen LogP contribution in [0.2, 0.25) is 0 Å². The molecule has 2 saturated heterocycles. The van der Waals surface area contributed by atoms with Gasteiger partial charge in [-0.3, -0.25) is 9.80 Å². The Morgan fingerprint density at radius 3 is 2.13 bits per heavy atom. The van der Waals surface area contributed by atoms with Crippen LogP contribution in [0.5, 0.6) is 0 Å². The molecule has 0 N–H and O–H groups in total. The molecule has 0 bridgehead atoms. The van der Waals surface area contributed by atoms with Crippen molar-refractivity contribution in [2.75, 3.05) is 37.7 Å². The number of sulfone groups is 2. The van der Waals surface area contributed by atoms with E-state index >= 15 is 0 Å². The largest absolute Gasteiger partial charge is 0.297 e. The molecule has 0 aliphatic carbocycles. The molecule has 0 aromatic heterocycles. The van der Waals surface area contributed by atoms with Crippen LogP contribution in [0.4, 0.5) is 0 Å². The third kappa shape index (κ3) is 5.03. The van der Waals surface area contributed by atoms with Crippen LogP contribution in [0.1, 0.15) is 18.1 Å². The van der Waals surface area contributed by atoms with Gasteiger partial charge in [0.2, 0.25) is 0 Å². The highest BCUT2D eigenvalue weighted by molar-refractivity contribution is 7.96. The molecule has 2 heterocycles. The van der Waals surface area contributed by atoms with E-state index in [-0.39, 0.29) is 16.4 Å². The van der Waals surface area contributed by atoms with Gasteiger partial charge in [-0.2, -0.15) is 0 Å². The van der Waals surface area contributed by atoms with Crippen molar-refractivity contribution >= 4 is 19.7 Å². The second-order valence-corrected chi connectivity index (χ2v) is 12.8. The number of benzene rings is 2. The molecule has 4 rings (SSSR count). The van der Waals surface area contributed by atoms with Crippen LogP contribution in [0, 0.1) is 0 Å². The lowest BCUT2D eigenvalue weighted by atomic mass is 10.1. The zero-order valence-electron chi connectivity index (χ0n) is 17.9. The summed E-state index contributed by atoms with van der Waals surface area (Å²) in [5.41, 5.74) is 2.31. The smallest absolute Gasteiger partial charge is 0.183 e. The highest BCUT2D eigenvalue weighted by Gasteiger charge is 2.48. The molecule has 2 aliphatic heterocycles.